The highest BCUT2D eigenvalue weighted by Crippen LogP contribution is 2.45. The lowest BCUT2D eigenvalue weighted by Gasteiger charge is -2.28. The van der Waals surface area contributed by atoms with Crippen molar-refractivity contribution in [1.29, 1.82) is 0 Å². The van der Waals surface area contributed by atoms with Crippen molar-refractivity contribution in [3.63, 3.8) is 0 Å². The predicted octanol–water partition coefficient (Wildman–Crippen LogP) is 3.43. The van der Waals surface area contributed by atoms with Crippen molar-refractivity contribution in [2.24, 2.45) is 0 Å². The topological polar surface area (TPSA) is 40.5 Å². The molecule has 0 amide bonds. The fourth-order valence-corrected chi connectivity index (χ4v) is 3.86. The van der Waals surface area contributed by atoms with Crippen LogP contribution in [0.15, 0.2) is 42.5 Å². The van der Waals surface area contributed by atoms with Gasteiger partial charge >= 0.3 is 0 Å². The maximum absolute atomic E-state index is 10.3. The molecule has 0 aromatic heterocycles. The van der Waals surface area contributed by atoms with E-state index in [4.69, 9.17) is 0 Å². The Hall–Kier alpha value is -1.37. The number of aliphatic hydroxyl groups excluding tert-OH is 1. The number of benzene rings is 2. The summed E-state index contributed by atoms with van der Waals surface area (Å²) >= 11 is 0. The minimum absolute atomic E-state index is 0.0546. The number of phenolic OH excluding ortho intramolecular Hbond substituents is 1. The maximum Gasteiger partial charge on any atom is 0.122 e. The molecule has 0 aliphatic rings. The van der Waals surface area contributed by atoms with Gasteiger partial charge in [-0.05, 0) is 23.4 Å². The number of hydrogen-bond donors (Lipinski definition) is 2. The molecule has 3 heteroatoms. The molecule has 0 fully saturated rings. The number of para-hydroxylation sites is 1. The molecule has 2 nitrogen and oxygen atoms in total. The number of aromatic hydroxyl groups is 1. The molecule has 2 rings (SSSR count). The van der Waals surface area contributed by atoms with Crippen molar-refractivity contribution in [3.8, 4) is 5.75 Å². The van der Waals surface area contributed by atoms with E-state index in [-0.39, 0.29) is 11.8 Å². The van der Waals surface area contributed by atoms with Crippen molar-refractivity contribution in [2.75, 3.05) is 0 Å². The lowest BCUT2D eigenvalue weighted by Crippen LogP contribution is -2.17. The Morgan fingerprint density at radius 3 is 2.45 bits per heavy atom. The Bertz CT molecular complexity index is 606. The van der Waals surface area contributed by atoms with Crippen LogP contribution < -0.4 is 5.30 Å². The quantitative estimate of drug-likeness (QED) is 0.846. The van der Waals surface area contributed by atoms with Crippen molar-refractivity contribution < 1.29 is 10.2 Å². The van der Waals surface area contributed by atoms with E-state index in [2.05, 4.69) is 19.9 Å². The molecule has 20 heavy (non-hydrogen) atoms. The lowest BCUT2D eigenvalue weighted by molar-refractivity contribution is 0.283. The maximum atomic E-state index is 10.3. The summed E-state index contributed by atoms with van der Waals surface area (Å²) in [5, 5.41) is 20.7. The van der Waals surface area contributed by atoms with Gasteiger partial charge in [-0.25, -0.2) is 0 Å². The average Bonchev–Trinajstić information content (AvgIpc) is 2.42. The van der Waals surface area contributed by atoms with Gasteiger partial charge in [0.05, 0.1) is 6.61 Å². The molecule has 0 spiro atoms. The summed E-state index contributed by atoms with van der Waals surface area (Å²) in [6, 6.07) is 13.8. The van der Waals surface area contributed by atoms with Crippen LogP contribution in [-0.2, 0) is 11.8 Å². The Morgan fingerprint density at radius 2 is 1.75 bits per heavy atom. The van der Waals surface area contributed by atoms with Crippen LogP contribution in [0.1, 0.15) is 30.5 Å². The van der Waals surface area contributed by atoms with E-state index in [0.29, 0.717) is 14.3 Å². The number of rotatable bonds is 4. The van der Waals surface area contributed by atoms with Crippen LogP contribution in [0.2, 0.25) is 0 Å². The fourth-order valence-electron chi connectivity index (χ4n) is 2.35. The van der Waals surface area contributed by atoms with Crippen molar-refractivity contribution >= 4 is 13.9 Å². The molecule has 1 atom stereocenters. The molecule has 106 valence electrons. The zero-order valence-corrected chi connectivity index (χ0v) is 13.1. The summed E-state index contributed by atoms with van der Waals surface area (Å²) in [6.07, 6.45) is 0. The van der Waals surface area contributed by atoms with Crippen molar-refractivity contribution in [2.45, 2.75) is 32.5 Å². The number of hydrogen-bond acceptors (Lipinski definition) is 2. The fraction of sp³-hybridized carbons (Fsp3) is 0.294. The van der Waals surface area contributed by atoms with E-state index in [9.17, 15) is 10.2 Å². The summed E-state index contributed by atoms with van der Waals surface area (Å²) in [4.78, 5) is 0. The smallest absolute Gasteiger partial charge is 0.122 e. The highest BCUT2D eigenvalue weighted by atomic mass is 31.1. The molecule has 0 saturated carbocycles. The molecule has 0 aliphatic heterocycles. The third kappa shape index (κ3) is 3.03. The number of aliphatic hydroxyl groups is 1. The summed E-state index contributed by atoms with van der Waals surface area (Å²) in [6.45, 7) is 6.24. The monoisotopic (exact) mass is 288 g/mol. The molecule has 0 heterocycles. The Balaban J connectivity index is 2.38. The Labute approximate surface area is 122 Å². The van der Waals surface area contributed by atoms with Crippen LogP contribution in [0.5, 0.6) is 5.75 Å². The third-order valence-corrected chi connectivity index (χ3v) is 5.20. The van der Waals surface area contributed by atoms with Crippen LogP contribution in [0.3, 0.4) is 0 Å². The first-order valence-electron chi connectivity index (χ1n) is 6.71. The van der Waals surface area contributed by atoms with Crippen LogP contribution in [0, 0.1) is 6.92 Å². The zero-order chi connectivity index (χ0) is 14.8. The minimum Gasteiger partial charge on any atom is -0.507 e. The molecule has 2 N–H and O–H groups in total. The molecule has 0 saturated heterocycles. The summed E-state index contributed by atoms with van der Waals surface area (Å²) < 4.78 is 0. The molecular formula is C17H21O2P. The van der Waals surface area contributed by atoms with Gasteiger partial charge in [0.2, 0.25) is 0 Å². The largest absolute Gasteiger partial charge is 0.507 e. The highest BCUT2D eigenvalue weighted by Gasteiger charge is 2.25. The second-order valence-corrected chi connectivity index (χ2v) is 7.58. The second-order valence-electron chi connectivity index (χ2n) is 5.54. The SMILES string of the molecule is Cc1cccc(C(C)(C)Pc2ccccc2CO)c1O. The summed E-state index contributed by atoms with van der Waals surface area (Å²) in [5.74, 6) is 0.381. The molecular weight excluding hydrogens is 267 g/mol. The first-order valence-corrected chi connectivity index (χ1v) is 7.71. The standard InChI is InChI=1S/C17H21O2P/c1-12-7-6-9-14(16(12)19)17(2,3)20-15-10-5-4-8-13(15)11-18/h4-10,18-20H,11H2,1-3H3. The number of phenols is 1. The molecule has 1 unspecified atom stereocenters. The Morgan fingerprint density at radius 1 is 1.05 bits per heavy atom. The van der Waals surface area contributed by atoms with E-state index in [1.807, 2.05) is 43.3 Å². The zero-order valence-electron chi connectivity index (χ0n) is 12.1. The predicted molar refractivity (Wildman–Crippen MR) is 86.2 cm³/mol. The molecule has 2 aromatic carbocycles. The average molecular weight is 288 g/mol. The van der Waals surface area contributed by atoms with Crippen LogP contribution in [0.4, 0.5) is 0 Å². The van der Waals surface area contributed by atoms with E-state index in [0.717, 1.165) is 22.0 Å². The van der Waals surface area contributed by atoms with Gasteiger partial charge in [-0.15, -0.1) is 0 Å². The van der Waals surface area contributed by atoms with Gasteiger partial charge in [-0.1, -0.05) is 64.9 Å². The molecule has 0 bridgehead atoms. The molecule has 0 aliphatic carbocycles. The first-order chi connectivity index (χ1) is 9.45. The van der Waals surface area contributed by atoms with E-state index in [1.165, 1.54) is 0 Å². The van der Waals surface area contributed by atoms with Crippen molar-refractivity contribution in [1.82, 2.24) is 0 Å². The normalized spacial score (nSPS) is 12.2. The highest BCUT2D eigenvalue weighted by molar-refractivity contribution is 7.48. The summed E-state index contributed by atoms with van der Waals surface area (Å²) in [5.41, 5.74) is 2.82. The van der Waals surface area contributed by atoms with Gasteiger partial charge in [0.25, 0.3) is 0 Å². The Kier molecular flexibility index (Phi) is 4.47. The third-order valence-electron chi connectivity index (χ3n) is 3.55. The number of aryl methyl sites for hydroxylation is 1. The second kappa shape index (κ2) is 5.95. The van der Waals surface area contributed by atoms with Gasteiger partial charge in [-0.3, -0.25) is 0 Å². The van der Waals surface area contributed by atoms with Gasteiger partial charge in [0.1, 0.15) is 5.75 Å². The van der Waals surface area contributed by atoms with Crippen molar-refractivity contribution in [3.05, 3.63) is 59.2 Å². The first kappa shape index (κ1) is 15.0. The van der Waals surface area contributed by atoms with Gasteiger partial charge in [-0.2, -0.15) is 0 Å². The molecule has 2 aromatic rings. The van der Waals surface area contributed by atoms with Gasteiger partial charge in [0.15, 0.2) is 0 Å². The lowest BCUT2D eigenvalue weighted by atomic mass is 9.99. The van der Waals surface area contributed by atoms with Crippen LogP contribution in [0.25, 0.3) is 0 Å². The van der Waals surface area contributed by atoms with E-state index in [1.54, 1.807) is 0 Å². The summed E-state index contributed by atoms with van der Waals surface area (Å²) in [7, 11) is 0.487. The van der Waals surface area contributed by atoms with Crippen LogP contribution >= 0.6 is 8.58 Å². The van der Waals surface area contributed by atoms with Crippen LogP contribution in [-0.4, -0.2) is 10.2 Å². The van der Waals surface area contributed by atoms with E-state index < -0.39 is 0 Å². The van der Waals surface area contributed by atoms with Gasteiger partial charge in [0, 0.05) is 10.7 Å². The minimum atomic E-state index is -0.165. The molecule has 0 radical (unpaired) electrons. The van der Waals surface area contributed by atoms with Gasteiger partial charge < -0.3 is 10.2 Å². The van der Waals surface area contributed by atoms with E-state index >= 15 is 0 Å².